The topological polar surface area (TPSA) is 9.23 Å². The summed E-state index contributed by atoms with van der Waals surface area (Å²) in [5.41, 5.74) is 1.55. The van der Waals surface area contributed by atoms with Crippen molar-refractivity contribution in [1.82, 2.24) is 0 Å². The van der Waals surface area contributed by atoms with Gasteiger partial charge in [0.05, 0.1) is 6.61 Å². The fraction of sp³-hybridized carbons (Fsp3) is 0.412. The number of hydrogen-bond acceptors (Lipinski definition) is 1. The van der Waals surface area contributed by atoms with Crippen molar-refractivity contribution in [3.8, 4) is 5.75 Å². The molecule has 0 saturated carbocycles. The molecule has 0 radical (unpaired) electrons. The van der Waals surface area contributed by atoms with Crippen LogP contribution in [0.4, 0.5) is 0 Å². The molecule has 2 heteroatoms. The predicted octanol–water partition coefficient (Wildman–Crippen LogP) is 5.55. The molecule has 0 aromatic heterocycles. The zero-order valence-corrected chi connectivity index (χ0v) is 13.5. The Morgan fingerprint density at radius 1 is 1.05 bits per heavy atom. The smallest absolute Gasteiger partial charge is 0.123 e. The third-order valence-corrected chi connectivity index (χ3v) is 3.80. The van der Waals surface area contributed by atoms with Crippen molar-refractivity contribution in [2.45, 2.75) is 32.5 Å². The van der Waals surface area contributed by atoms with Gasteiger partial charge in [0.2, 0.25) is 0 Å². The van der Waals surface area contributed by atoms with E-state index < -0.39 is 0 Å². The maximum Gasteiger partial charge on any atom is 0.123 e. The van der Waals surface area contributed by atoms with Gasteiger partial charge >= 0.3 is 0 Å². The molecule has 0 N–H and O–H groups in total. The van der Waals surface area contributed by atoms with Crippen LogP contribution >= 0.6 is 15.9 Å². The first-order valence-corrected chi connectivity index (χ1v) is 7.83. The molecule has 0 aliphatic rings. The van der Waals surface area contributed by atoms with E-state index in [1.807, 2.05) is 0 Å². The van der Waals surface area contributed by atoms with Gasteiger partial charge in [0.1, 0.15) is 5.75 Å². The number of ether oxygens (including phenoxy) is 1. The Morgan fingerprint density at radius 3 is 2.47 bits per heavy atom. The highest BCUT2D eigenvalue weighted by molar-refractivity contribution is 9.08. The van der Waals surface area contributed by atoms with Crippen LogP contribution in [0.1, 0.15) is 32.8 Å². The number of fused-ring (bicyclic) bond motifs is 1. The van der Waals surface area contributed by atoms with Gasteiger partial charge in [-0.15, -0.1) is 0 Å². The van der Waals surface area contributed by atoms with E-state index in [4.69, 9.17) is 4.74 Å². The fourth-order valence-corrected chi connectivity index (χ4v) is 2.63. The molecule has 0 aliphatic carbocycles. The molecule has 0 aliphatic heterocycles. The molecule has 2 aromatic rings. The molecule has 1 nitrogen and oxygen atoms in total. The highest BCUT2D eigenvalue weighted by atomic mass is 79.9. The summed E-state index contributed by atoms with van der Waals surface area (Å²) in [6, 6.07) is 12.7. The van der Waals surface area contributed by atoms with Crippen LogP contribution in [0, 0.1) is 5.41 Å². The Labute approximate surface area is 124 Å². The molecular formula is C17H21BrO. The minimum Gasteiger partial charge on any atom is -0.493 e. The van der Waals surface area contributed by atoms with Crippen LogP contribution in [0.5, 0.6) is 5.75 Å². The van der Waals surface area contributed by atoms with E-state index >= 15 is 0 Å². The molecule has 0 unspecified atom stereocenters. The minimum atomic E-state index is 0.311. The molecular weight excluding hydrogens is 300 g/mol. The predicted molar refractivity (Wildman–Crippen MR) is 86.1 cm³/mol. The highest BCUT2D eigenvalue weighted by Crippen LogP contribution is 2.30. The summed E-state index contributed by atoms with van der Waals surface area (Å²) >= 11 is 3.58. The average Bonchev–Trinajstić information content (AvgIpc) is 2.37. The second-order valence-corrected chi connectivity index (χ2v) is 6.62. The molecule has 2 aromatic carbocycles. The maximum atomic E-state index is 5.98. The average molecular weight is 321 g/mol. The zero-order chi connectivity index (χ0) is 13.9. The summed E-state index contributed by atoms with van der Waals surface area (Å²) in [7, 11) is 0. The molecule has 102 valence electrons. The van der Waals surface area contributed by atoms with Gasteiger partial charge in [0.25, 0.3) is 0 Å². The summed E-state index contributed by atoms with van der Waals surface area (Å²) in [6.45, 7) is 7.48. The molecule has 0 spiro atoms. The van der Waals surface area contributed by atoms with Crippen molar-refractivity contribution in [1.29, 1.82) is 0 Å². The second-order valence-electron chi connectivity index (χ2n) is 6.06. The van der Waals surface area contributed by atoms with Crippen molar-refractivity contribution in [3.63, 3.8) is 0 Å². The van der Waals surface area contributed by atoms with Gasteiger partial charge in [0.15, 0.2) is 0 Å². The van der Waals surface area contributed by atoms with Gasteiger partial charge in [-0.2, -0.15) is 0 Å². The van der Waals surface area contributed by atoms with E-state index in [9.17, 15) is 0 Å². The first-order valence-electron chi connectivity index (χ1n) is 6.71. The van der Waals surface area contributed by atoms with Gasteiger partial charge in [0, 0.05) is 10.9 Å². The number of alkyl halides is 1. The summed E-state index contributed by atoms with van der Waals surface area (Å²) in [5.74, 6) is 1.000. The van der Waals surface area contributed by atoms with E-state index in [1.54, 1.807) is 0 Å². The molecule has 19 heavy (non-hydrogen) atoms. The standard InChI is InChI=1S/C17H21BrO/c1-17(2,3)10-11-19-16-9-8-13-6-4-5-7-14(13)15(16)12-18/h4-9H,10-12H2,1-3H3. The summed E-state index contributed by atoms with van der Waals surface area (Å²) < 4.78 is 5.98. The molecule has 2 rings (SSSR count). The first kappa shape index (κ1) is 14.4. The lowest BCUT2D eigenvalue weighted by Gasteiger charge is -2.19. The van der Waals surface area contributed by atoms with Gasteiger partial charge in [-0.1, -0.05) is 67.0 Å². The zero-order valence-electron chi connectivity index (χ0n) is 11.9. The van der Waals surface area contributed by atoms with Crippen LogP contribution in [0.3, 0.4) is 0 Å². The first-order chi connectivity index (χ1) is 9.01. The summed E-state index contributed by atoms with van der Waals surface area (Å²) in [5, 5.41) is 3.35. The third-order valence-electron chi connectivity index (χ3n) is 3.24. The third kappa shape index (κ3) is 3.73. The molecule has 0 amide bonds. The molecule has 0 saturated heterocycles. The largest absolute Gasteiger partial charge is 0.493 e. The summed E-state index contributed by atoms with van der Waals surface area (Å²) in [4.78, 5) is 0. The number of hydrogen-bond donors (Lipinski definition) is 0. The van der Waals surface area contributed by atoms with E-state index in [1.165, 1.54) is 16.3 Å². The van der Waals surface area contributed by atoms with Crippen molar-refractivity contribution in [2.75, 3.05) is 6.61 Å². The SMILES string of the molecule is CC(C)(C)CCOc1ccc2ccccc2c1CBr. The molecule has 0 heterocycles. The van der Waals surface area contributed by atoms with E-state index in [2.05, 4.69) is 73.1 Å². The van der Waals surface area contributed by atoms with Crippen molar-refractivity contribution >= 4 is 26.7 Å². The normalized spacial score (nSPS) is 11.8. The molecule has 0 fully saturated rings. The Kier molecular flexibility index (Phi) is 4.51. The van der Waals surface area contributed by atoms with E-state index in [-0.39, 0.29) is 0 Å². The number of benzene rings is 2. The van der Waals surface area contributed by atoms with Crippen molar-refractivity contribution < 1.29 is 4.74 Å². The van der Waals surface area contributed by atoms with Gasteiger partial charge in [-0.3, -0.25) is 0 Å². The Hall–Kier alpha value is -1.02. The highest BCUT2D eigenvalue weighted by Gasteiger charge is 2.12. The van der Waals surface area contributed by atoms with Crippen LogP contribution < -0.4 is 4.74 Å². The molecule has 0 bridgehead atoms. The second kappa shape index (κ2) is 5.96. The van der Waals surface area contributed by atoms with Crippen LogP contribution in [0.25, 0.3) is 10.8 Å². The lowest BCUT2D eigenvalue weighted by Crippen LogP contribution is -2.11. The van der Waals surface area contributed by atoms with Crippen LogP contribution in [0.15, 0.2) is 36.4 Å². The minimum absolute atomic E-state index is 0.311. The Morgan fingerprint density at radius 2 is 1.79 bits per heavy atom. The Balaban J connectivity index is 2.23. The van der Waals surface area contributed by atoms with Gasteiger partial charge < -0.3 is 4.74 Å². The number of halogens is 1. The van der Waals surface area contributed by atoms with Gasteiger partial charge in [-0.05, 0) is 28.7 Å². The van der Waals surface area contributed by atoms with Crippen molar-refractivity contribution in [3.05, 3.63) is 42.0 Å². The molecule has 0 atom stereocenters. The van der Waals surface area contributed by atoms with Crippen LogP contribution in [-0.2, 0) is 5.33 Å². The number of rotatable bonds is 4. The monoisotopic (exact) mass is 320 g/mol. The van der Waals surface area contributed by atoms with Gasteiger partial charge in [-0.25, -0.2) is 0 Å². The lowest BCUT2D eigenvalue weighted by molar-refractivity contribution is 0.242. The van der Waals surface area contributed by atoms with E-state index in [0.29, 0.717) is 5.41 Å². The van der Waals surface area contributed by atoms with E-state index in [0.717, 1.165) is 24.1 Å². The van der Waals surface area contributed by atoms with Crippen LogP contribution in [0.2, 0.25) is 0 Å². The van der Waals surface area contributed by atoms with Crippen LogP contribution in [-0.4, -0.2) is 6.61 Å². The maximum absolute atomic E-state index is 5.98. The van der Waals surface area contributed by atoms with Crippen molar-refractivity contribution in [2.24, 2.45) is 5.41 Å². The summed E-state index contributed by atoms with van der Waals surface area (Å²) in [6.07, 6.45) is 1.06. The fourth-order valence-electron chi connectivity index (χ4n) is 2.06. The Bertz CT molecular complexity index is 555. The quantitative estimate of drug-likeness (QED) is 0.671. The lowest BCUT2D eigenvalue weighted by atomic mass is 9.93.